The Balaban J connectivity index is 1.47. The summed E-state index contributed by atoms with van der Waals surface area (Å²) >= 11 is 0. The van der Waals surface area contributed by atoms with Gasteiger partial charge in [0.25, 0.3) is 5.91 Å². The summed E-state index contributed by atoms with van der Waals surface area (Å²) in [6.07, 6.45) is 3.64. The van der Waals surface area contributed by atoms with Crippen LogP contribution in [0.15, 0.2) is 36.5 Å². The number of amides is 1. The number of nitrogens with zero attached hydrogens (tertiary/aromatic N) is 3. The quantitative estimate of drug-likeness (QED) is 0.701. The first-order valence-corrected chi connectivity index (χ1v) is 9.77. The highest BCUT2D eigenvalue weighted by Gasteiger charge is 2.28. The van der Waals surface area contributed by atoms with Crippen molar-refractivity contribution >= 4 is 11.4 Å². The Kier molecular flexibility index (Phi) is 4.00. The van der Waals surface area contributed by atoms with Crippen LogP contribution in [0.2, 0.25) is 0 Å². The van der Waals surface area contributed by atoms with E-state index in [0.717, 1.165) is 41.2 Å². The fraction of sp³-hybridized carbons (Fsp3) is 0.364. The molecule has 144 valence electrons. The van der Waals surface area contributed by atoms with Crippen LogP contribution in [0, 0.1) is 5.92 Å². The number of ether oxygens (including phenoxy) is 2. The van der Waals surface area contributed by atoms with Gasteiger partial charge in [-0.2, -0.15) is 0 Å². The van der Waals surface area contributed by atoms with Gasteiger partial charge >= 0.3 is 0 Å². The number of benzene rings is 1. The van der Waals surface area contributed by atoms with Gasteiger partial charge in [-0.3, -0.25) is 4.79 Å². The van der Waals surface area contributed by atoms with Gasteiger partial charge in [-0.15, -0.1) is 0 Å². The van der Waals surface area contributed by atoms with Crippen LogP contribution in [-0.2, 0) is 19.4 Å². The fourth-order valence-corrected chi connectivity index (χ4v) is 4.04. The van der Waals surface area contributed by atoms with Gasteiger partial charge in [-0.25, -0.2) is 4.98 Å². The molecule has 28 heavy (non-hydrogen) atoms. The molecule has 1 aromatic carbocycles. The van der Waals surface area contributed by atoms with E-state index in [1.807, 2.05) is 45.8 Å². The lowest BCUT2D eigenvalue weighted by Gasteiger charge is -2.28. The number of imidazole rings is 1. The van der Waals surface area contributed by atoms with Crippen LogP contribution < -0.4 is 9.47 Å². The number of aromatic nitrogens is 2. The normalized spacial score (nSPS) is 15.3. The maximum Gasteiger partial charge on any atom is 0.275 e. The molecule has 2 aliphatic heterocycles. The lowest BCUT2D eigenvalue weighted by atomic mass is 9.98. The molecule has 4 heterocycles. The van der Waals surface area contributed by atoms with Crippen LogP contribution in [0.5, 0.6) is 11.5 Å². The monoisotopic (exact) mass is 377 g/mol. The number of fused-ring (bicyclic) bond motifs is 3. The van der Waals surface area contributed by atoms with Crippen molar-refractivity contribution in [2.45, 2.75) is 33.2 Å². The van der Waals surface area contributed by atoms with Crippen molar-refractivity contribution in [1.29, 1.82) is 0 Å². The van der Waals surface area contributed by atoms with Crippen molar-refractivity contribution in [3.63, 3.8) is 0 Å². The summed E-state index contributed by atoms with van der Waals surface area (Å²) in [6, 6.07) is 9.96. The summed E-state index contributed by atoms with van der Waals surface area (Å²) in [5, 5.41) is 0. The van der Waals surface area contributed by atoms with Crippen LogP contribution in [0.1, 0.15) is 41.3 Å². The van der Waals surface area contributed by atoms with Crippen molar-refractivity contribution in [3.8, 4) is 11.5 Å². The van der Waals surface area contributed by atoms with Crippen LogP contribution in [0.4, 0.5) is 0 Å². The van der Waals surface area contributed by atoms with Gasteiger partial charge in [-0.05, 0) is 47.7 Å². The molecule has 0 fully saturated rings. The second-order valence-electron chi connectivity index (χ2n) is 7.88. The van der Waals surface area contributed by atoms with Gasteiger partial charge < -0.3 is 18.8 Å². The summed E-state index contributed by atoms with van der Waals surface area (Å²) in [5.41, 5.74) is 3.76. The van der Waals surface area contributed by atoms with E-state index in [2.05, 4.69) is 13.8 Å². The summed E-state index contributed by atoms with van der Waals surface area (Å²) < 4.78 is 13.0. The second kappa shape index (κ2) is 6.55. The Bertz CT molecular complexity index is 1070. The zero-order chi connectivity index (χ0) is 19.3. The van der Waals surface area contributed by atoms with Gasteiger partial charge in [-0.1, -0.05) is 19.9 Å². The minimum Gasteiger partial charge on any atom is -0.454 e. The van der Waals surface area contributed by atoms with Crippen LogP contribution in [0.25, 0.3) is 5.52 Å². The summed E-state index contributed by atoms with van der Waals surface area (Å²) in [6.45, 7) is 5.84. The Morgan fingerprint density at radius 3 is 2.75 bits per heavy atom. The van der Waals surface area contributed by atoms with Crippen molar-refractivity contribution in [2.75, 3.05) is 13.3 Å². The van der Waals surface area contributed by atoms with E-state index in [1.54, 1.807) is 0 Å². The Hall–Kier alpha value is -3.02. The van der Waals surface area contributed by atoms with Crippen LogP contribution >= 0.6 is 0 Å². The first-order chi connectivity index (χ1) is 13.6. The number of carbonyl (C=O) groups is 1. The van der Waals surface area contributed by atoms with Gasteiger partial charge in [0.1, 0.15) is 5.82 Å². The minimum atomic E-state index is -0.0120. The molecular weight excluding hydrogens is 354 g/mol. The predicted octanol–water partition coefficient (Wildman–Crippen LogP) is 3.46. The third-order valence-electron chi connectivity index (χ3n) is 5.41. The number of hydrogen-bond donors (Lipinski definition) is 0. The molecule has 0 saturated carbocycles. The Morgan fingerprint density at radius 1 is 1.18 bits per heavy atom. The predicted molar refractivity (Wildman–Crippen MR) is 105 cm³/mol. The third kappa shape index (κ3) is 2.80. The van der Waals surface area contributed by atoms with E-state index in [4.69, 9.17) is 14.5 Å². The van der Waals surface area contributed by atoms with E-state index in [-0.39, 0.29) is 12.7 Å². The van der Waals surface area contributed by atoms with Crippen molar-refractivity contribution in [2.24, 2.45) is 5.92 Å². The first kappa shape index (κ1) is 17.1. The van der Waals surface area contributed by atoms with E-state index in [9.17, 15) is 4.79 Å². The molecular formula is C22H23N3O3. The van der Waals surface area contributed by atoms with Gasteiger partial charge in [0, 0.05) is 25.7 Å². The lowest BCUT2D eigenvalue weighted by molar-refractivity contribution is 0.0731. The molecule has 0 aliphatic carbocycles. The number of carbonyl (C=O) groups excluding carboxylic acids is 1. The standard InChI is InChI=1S/C22H23N3O3/c1-14(2)9-20-23-21(17-5-3-4-7-25(17)20)22(26)24-8-6-15-10-18-19(28-13-27-18)11-16(15)12-24/h3-5,7,10-11,14H,6,8-9,12-13H2,1-2H3. The summed E-state index contributed by atoms with van der Waals surface area (Å²) in [7, 11) is 0. The van der Waals surface area contributed by atoms with Crippen molar-refractivity contribution < 1.29 is 14.3 Å². The Labute approximate surface area is 163 Å². The van der Waals surface area contributed by atoms with E-state index >= 15 is 0 Å². The highest BCUT2D eigenvalue weighted by Crippen LogP contribution is 2.37. The van der Waals surface area contributed by atoms with Gasteiger partial charge in [0.2, 0.25) is 6.79 Å². The fourth-order valence-electron chi connectivity index (χ4n) is 4.04. The average Bonchev–Trinajstić information content (AvgIpc) is 3.29. The van der Waals surface area contributed by atoms with Crippen molar-refractivity contribution in [1.82, 2.24) is 14.3 Å². The maximum atomic E-state index is 13.4. The number of pyridine rings is 1. The molecule has 6 nitrogen and oxygen atoms in total. The molecule has 1 amide bonds. The maximum absolute atomic E-state index is 13.4. The van der Waals surface area contributed by atoms with E-state index < -0.39 is 0 Å². The molecule has 0 atom stereocenters. The Morgan fingerprint density at radius 2 is 1.96 bits per heavy atom. The highest BCUT2D eigenvalue weighted by atomic mass is 16.7. The molecule has 0 unspecified atom stereocenters. The SMILES string of the molecule is CC(C)Cc1nc(C(=O)N2CCc3cc4c(cc3C2)OCO4)c2ccccn12. The molecule has 0 spiro atoms. The summed E-state index contributed by atoms with van der Waals surface area (Å²) in [4.78, 5) is 20.0. The number of hydrogen-bond acceptors (Lipinski definition) is 4. The third-order valence-corrected chi connectivity index (χ3v) is 5.41. The van der Waals surface area contributed by atoms with Crippen LogP contribution in [0.3, 0.4) is 0 Å². The van der Waals surface area contributed by atoms with E-state index in [1.165, 1.54) is 5.56 Å². The molecule has 0 bridgehead atoms. The molecule has 3 aromatic rings. The zero-order valence-electron chi connectivity index (χ0n) is 16.1. The van der Waals surface area contributed by atoms with Gasteiger partial charge in [0.15, 0.2) is 17.2 Å². The molecule has 2 aromatic heterocycles. The largest absolute Gasteiger partial charge is 0.454 e. The van der Waals surface area contributed by atoms with E-state index in [0.29, 0.717) is 24.7 Å². The molecule has 5 rings (SSSR count). The molecule has 6 heteroatoms. The molecule has 0 N–H and O–H groups in total. The first-order valence-electron chi connectivity index (χ1n) is 9.77. The number of rotatable bonds is 3. The molecule has 2 aliphatic rings. The topological polar surface area (TPSA) is 56.1 Å². The molecule has 0 saturated heterocycles. The molecule has 0 radical (unpaired) electrons. The average molecular weight is 377 g/mol. The minimum absolute atomic E-state index is 0.0120. The smallest absolute Gasteiger partial charge is 0.275 e. The van der Waals surface area contributed by atoms with Crippen LogP contribution in [-0.4, -0.2) is 33.5 Å². The van der Waals surface area contributed by atoms with Crippen molar-refractivity contribution in [3.05, 3.63) is 59.2 Å². The van der Waals surface area contributed by atoms with Gasteiger partial charge in [0.05, 0.1) is 5.52 Å². The summed E-state index contributed by atoms with van der Waals surface area (Å²) in [5.74, 6) is 2.97. The second-order valence-corrected chi connectivity index (χ2v) is 7.88. The highest BCUT2D eigenvalue weighted by molar-refractivity contribution is 5.99. The zero-order valence-corrected chi connectivity index (χ0v) is 16.1. The lowest BCUT2D eigenvalue weighted by Crippen LogP contribution is -2.36.